The van der Waals surface area contributed by atoms with Crippen LogP contribution in [-0.2, 0) is 13.6 Å². The van der Waals surface area contributed by atoms with E-state index in [-0.39, 0.29) is 18.1 Å². The van der Waals surface area contributed by atoms with Gasteiger partial charge in [0.1, 0.15) is 13.2 Å². The summed E-state index contributed by atoms with van der Waals surface area (Å²) < 4.78 is 24.6. The van der Waals surface area contributed by atoms with Crippen LogP contribution in [0.2, 0.25) is 0 Å². The molecular weight excluding hydrogens is 349 g/mol. The van der Waals surface area contributed by atoms with E-state index in [1.165, 1.54) is 38.5 Å². The Balaban J connectivity index is 1.67. The molecule has 4 aliphatic rings. The lowest BCUT2D eigenvalue weighted by Gasteiger charge is -2.59. The maximum absolute atomic E-state index is 12.7. The molecule has 5 nitrogen and oxygen atoms in total. The minimum Gasteiger partial charge on any atom is -0.329 e. The highest BCUT2D eigenvalue weighted by Gasteiger charge is 2.55. The van der Waals surface area contributed by atoms with Crippen LogP contribution in [0.4, 0.5) is 0 Å². The van der Waals surface area contributed by atoms with E-state index in [4.69, 9.17) is 9.05 Å². The van der Waals surface area contributed by atoms with Crippen LogP contribution < -0.4 is 0 Å². The Kier molecular flexibility index (Phi) is 6.26. The first-order valence-electron chi connectivity index (χ1n) is 10.6. The quantitative estimate of drug-likeness (QED) is 0.439. The second kappa shape index (κ2) is 7.83. The Labute approximate surface area is 159 Å². The molecule has 4 aliphatic carbocycles. The molecule has 4 saturated carbocycles. The number of hydrogen-bond donors (Lipinski definition) is 1. The van der Waals surface area contributed by atoms with Gasteiger partial charge < -0.3 is 9.38 Å². The average molecular weight is 389 g/mol. The lowest BCUT2D eigenvalue weighted by atomic mass is 9.48. The van der Waals surface area contributed by atoms with E-state index in [1.807, 2.05) is 21.1 Å². The lowest BCUT2D eigenvalue weighted by Crippen LogP contribution is -2.52. The van der Waals surface area contributed by atoms with Crippen LogP contribution in [0.3, 0.4) is 0 Å². The van der Waals surface area contributed by atoms with E-state index in [1.54, 1.807) is 0 Å². The fraction of sp³-hybridized carbons (Fsp3) is 1.00. The van der Waals surface area contributed by atoms with Gasteiger partial charge in [0.2, 0.25) is 0 Å². The maximum Gasteiger partial charge on any atom is 0.472 e. The van der Waals surface area contributed by atoms with Crippen molar-refractivity contribution in [3.05, 3.63) is 0 Å². The minimum atomic E-state index is -4.01. The third kappa shape index (κ3) is 5.11. The zero-order valence-electron chi connectivity index (χ0n) is 17.2. The third-order valence-corrected chi connectivity index (χ3v) is 7.90. The molecule has 0 aromatic carbocycles. The summed E-state index contributed by atoms with van der Waals surface area (Å²) in [4.78, 5) is 10.4. The molecule has 6 heteroatoms. The number of nitrogens with zero attached hydrogens (tertiary/aromatic N) is 1. The number of phosphoric acid groups is 1. The van der Waals surface area contributed by atoms with E-state index in [0.717, 1.165) is 37.0 Å². The first-order valence-corrected chi connectivity index (χ1v) is 12.1. The van der Waals surface area contributed by atoms with Crippen LogP contribution in [0.25, 0.3) is 0 Å². The van der Waals surface area contributed by atoms with Crippen molar-refractivity contribution >= 4 is 7.82 Å². The van der Waals surface area contributed by atoms with Gasteiger partial charge in [-0.05, 0) is 68.1 Å². The number of hydrogen-bond acceptors (Lipinski definition) is 3. The minimum absolute atomic E-state index is 0.117. The number of likely N-dealkylation sites (N-methyl/N-ethyl adjacent to an activating group) is 1. The maximum atomic E-state index is 12.7. The van der Waals surface area contributed by atoms with Crippen molar-refractivity contribution in [1.29, 1.82) is 0 Å². The fourth-order valence-corrected chi connectivity index (χ4v) is 7.08. The summed E-state index contributed by atoms with van der Waals surface area (Å²) in [6, 6.07) is 0. The summed E-state index contributed by atoms with van der Waals surface area (Å²) in [6.07, 6.45) is 10.6. The molecule has 152 valence electrons. The molecule has 0 aromatic heterocycles. The van der Waals surface area contributed by atoms with E-state index in [0.29, 0.717) is 11.0 Å². The van der Waals surface area contributed by atoms with Gasteiger partial charge in [0, 0.05) is 0 Å². The summed E-state index contributed by atoms with van der Waals surface area (Å²) >= 11 is 0. The van der Waals surface area contributed by atoms with Crippen molar-refractivity contribution in [3.63, 3.8) is 0 Å². The van der Waals surface area contributed by atoms with Crippen molar-refractivity contribution in [2.75, 3.05) is 34.3 Å². The molecule has 0 amide bonds. The van der Waals surface area contributed by atoms with Gasteiger partial charge in [-0.15, -0.1) is 0 Å². The summed E-state index contributed by atoms with van der Waals surface area (Å²) in [5.74, 6) is 2.43. The van der Waals surface area contributed by atoms with E-state index >= 15 is 0 Å². The van der Waals surface area contributed by atoms with Crippen LogP contribution >= 0.6 is 7.82 Å². The molecule has 0 radical (unpaired) electrons. The van der Waals surface area contributed by atoms with Gasteiger partial charge in [0.05, 0.1) is 27.2 Å². The molecule has 4 fully saturated rings. The van der Waals surface area contributed by atoms with Crippen molar-refractivity contribution in [3.8, 4) is 0 Å². The first kappa shape index (κ1) is 20.8. The average Bonchev–Trinajstić information content (AvgIpc) is 2.48. The van der Waals surface area contributed by atoms with Crippen molar-refractivity contribution in [1.82, 2.24) is 0 Å². The molecule has 0 aliphatic heterocycles. The molecule has 4 rings (SSSR count). The second-order valence-corrected chi connectivity index (χ2v) is 11.7. The first-order chi connectivity index (χ1) is 12.1. The molecular formula is C20H39NO4P+. The predicted octanol–water partition coefficient (Wildman–Crippen LogP) is 4.60. The Morgan fingerprint density at radius 3 is 2.12 bits per heavy atom. The molecule has 0 spiro atoms. The smallest absolute Gasteiger partial charge is 0.329 e. The normalized spacial score (nSPS) is 36.9. The molecule has 0 heterocycles. The van der Waals surface area contributed by atoms with Crippen LogP contribution in [0.15, 0.2) is 0 Å². The van der Waals surface area contributed by atoms with Gasteiger partial charge in [0.15, 0.2) is 0 Å². The van der Waals surface area contributed by atoms with Crippen LogP contribution in [0, 0.1) is 23.2 Å². The lowest BCUT2D eigenvalue weighted by molar-refractivity contribution is -0.870. The number of rotatable bonds is 10. The van der Waals surface area contributed by atoms with Crippen LogP contribution in [0.5, 0.6) is 0 Å². The highest BCUT2D eigenvalue weighted by molar-refractivity contribution is 7.47. The van der Waals surface area contributed by atoms with Gasteiger partial charge in [-0.25, -0.2) is 4.57 Å². The molecule has 4 bridgehead atoms. The standard InChI is InChI=1S/C20H38NO4P/c1-5-6-7-19(25-26(22,23)24-9-8-21(2,3)4)20-13-16-10-17(14-20)12-18(11-16)15-20/h16-19H,5-15H2,1-4H3/p+1. The Morgan fingerprint density at radius 1 is 1.12 bits per heavy atom. The van der Waals surface area contributed by atoms with Gasteiger partial charge in [-0.2, -0.15) is 0 Å². The summed E-state index contributed by atoms with van der Waals surface area (Å²) in [5.41, 5.74) is 0.117. The van der Waals surface area contributed by atoms with E-state index in [2.05, 4.69) is 6.92 Å². The topological polar surface area (TPSA) is 55.8 Å². The highest BCUT2D eigenvalue weighted by Crippen LogP contribution is 2.64. The molecule has 1 N–H and O–H groups in total. The summed E-state index contributed by atoms with van der Waals surface area (Å²) in [6.45, 7) is 3.11. The molecule has 0 aromatic rings. The van der Waals surface area contributed by atoms with Crippen molar-refractivity contribution < 1.29 is 23.0 Å². The SMILES string of the molecule is CCCCC(OP(=O)(O)OCC[N+](C)(C)C)C12CC3CC(CC(C3)C1)C2. The zero-order chi connectivity index (χ0) is 19.0. The monoisotopic (exact) mass is 388 g/mol. The number of quaternary nitrogens is 1. The molecule has 0 saturated heterocycles. The molecule has 2 atom stereocenters. The summed E-state index contributed by atoms with van der Waals surface area (Å²) in [5, 5.41) is 0. The Morgan fingerprint density at radius 2 is 1.65 bits per heavy atom. The van der Waals surface area contributed by atoms with Gasteiger partial charge >= 0.3 is 7.82 Å². The molecule has 2 unspecified atom stereocenters. The van der Waals surface area contributed by atoms with Crippen molar-refractivity contribution in [2.45, 2.75) is 70.8 Å². The van der Waals surface area contributed by atoms with Crippen LogP contribution in [-0.4, -0.2) is 49.8 Å². The van der Waals surface area contributed by atoms with E-state index < -0.39 is 7.82 Å². The number of phosphoric ester groups is 1. The zero-order valence-corrected chi connectivity index (χ0v) is 18.0. The summed E-state index contributed by atoms with van der Waals surface area (Å²) in [7, 11) is 2.14. The molecule has 26 heavy (non-hydrogen) atoms. The fourth-order valence-electron chi connectivity index (χ4n) is 6.05. The van der Waals surface area contributed by atoms with Gasteiger partial charge in [-0.1, -0.05) is 19.8 Å². The largest absolute Gasteiger partial charge is 0.472 e. The van der Waals surface area contributed by atoms with Crippen LogP contribution in [0.1, 0.15) is 64.7 Å². The van der Waals surface area contributed by atoms with Gasteiger partial charge in [0.25, 0.3) is 0 Å². The second-order valence-electron chi connectivity index (χ2n) is 10.3. The Hall–Kier alpha value is 0.0700. The highest BCUT2D eigenvalue weighted by atomic mass is 31.2. The van der Waals surface area contributed by atoms with E-state index in [9.17, 15) is 9.46 Å². The predicted molar refractivity (Wildman–Crippen MR) is 104 cm³/mol. The Bertz CT molecular complexity index is 495. The number of unbranched alkanes of at least 4 members (excludes halogenated alkanes) is 1. The van der Waals surface area contributed by atoms with Gasteiger partial charge in [-0.3, -0.25) is 9.05 Å². The third-order valence-electron chi connectivity index (χ3n) is 6.87. The van der Waals surface area contributed by atoms with Crippen molar-refractivity contribution in [2.24, 2.45) is 23.2 Å².